The van der Waals surface area contributed by atoms with Gasteiger partial charge in [0.1, 0.15) is 0 Å². The van der Waals surface area contributed by atoms with E-state index in [9.17, 15) is 0 Å². The standard InChI is InChI=1S/C8H19N3.Sn/c1-3-9-5-7-11-8-6-10-4-2;/h9-11H,1-8H2;. The summed E-state index contributed by atoms with van der Waals surface area (Å²) in [6.07, 6.45) is 0. The van der Waals surface area contributed by atoms with Crippen LogP contribution in [0.15, 0.2) is 0 Å². The van der Waals surface area contributed by atoms with Crippen LogP contribution in [0, 0.1) is 0 Å². The third-order valence-electron chi connectivity index (χ3n) is 1.91. The molecule has 0 aliphatic carbocycles. The summed E-state index contributed by atoms with van der Waals surface area (Å²) in [5, 5.41) is 10.3. The van der Waals surface area contributed by atoms with E-state index in [2.05, 4.69) is 16.0 Å². The summed E-state index contributed by atoms with van der Waals surface area (Å²) >= 11 is -0.00757. The molecule has 0 aromatic heterocycles. The van der Waals surface area contributed by atoms with E-state index in [0.717, 1.165) is 26.2 Å². The molecule has 2 radical (unpaired) electrons. The summed E-state index contributed by atoms with van der Waals surface area (Å²) < 4.78 is 2.98. The molecule has 1 aliphatic rings. The van der Waals surface area contributed by atoms with Gasteiger partial charge in [-0.3, -0.25) is 0 Å². The maximum atomic E-state index is 3.46. The summed E-state index contributed by atoms with van der Waals surface area (Å²) in [5.74, 6) is 0. The molecule has 70 valence electrons. The molecule has 4 heteroatoms. The monoisotopic (exact) mass is 277 g/mol. The van der Waals surface area contributed by atoms with Gasteiger partial charge in [-0.15, -0.1) is 0 Å². The van der Waals surface area contributed by atoms with Crippen LogP contribution in [0.5, 0.6) is 0 Å². The van der Waals surface area contributed by atoms with Crippen LogP contribution in [0.25, 0.3) is 0 Å². The van der Waals surface area contributed by atoms with Gasteiger partial charge < -0.3 is 0 Å². The molecular weight excluding hydrogens is 257 g/mol. The molecule has 1 aliphatic heterocycles. The van der Waals surface area contributed by atoms with E-state index in [0.29, 0.717) is 0 Å². The zero-order valence-corrected chi connectivity index (χ0v) is 10.5. The summed E-state index contributed by atoms with van der Waals surface area (Å²) in [6.45, 7) is 7.03. The minimum absolute atomic E-state index is 0.00757. The summed E-state index contributed by atoms with van der Waals surface area (Å²) in [4.78, 5) is 0. The van der Waals surface area contributed by atoms with E-state index >= 15 is 0 Å². The Balaban J connectivity index is 2.00. The van der Waals surface area contributed by atoms with Crippen molar-refractivity contribution in [1.82, 2.24) is 16.0 Å². The van der Waals surface area contributed by atoms with Crippen molar-refractivity contribution < 1.29 is 0 Å². The molecule has 3 N–H and O–H groups in total. The van der Waals surface area contributed by atoms with Crippen LogP contribution in [-0.4, -0.2) is 60.4 Å². The van der Waals surface area contributed by atoms with Gasteiger partial charge in [0, 0.05) is 0 Å². The maximum absolute atomic E-state index is 3.46. The van der Waals surface area contributed by atoms with Gasteiger partial charge in [-0.2, -0.15) is 0 Å². The second-order valence-electron chi connectivity index (χ2n) is 3.00. The fraction of sp³-hybridized carbons (Fsp3) is 1.00. The molecule has 0 bridgehead atoms. The van der Waals surface area contributed by atoms with Gasteiger partial charge in [0.05, 0.1) is 0 Å². The minimum atomic E-state index is -0.00757. The zero-order valence-electron chi connectivity index (χ0n) is 7.66. The van der Waals surface area contributed by atoms with Gasteiger partial charge in [-0.1, -0.05) is 0 Å². The van der Waals surface area contributed by atoms with Crippen molar-refractivity contribution in [3.63, 3.8) is 0 Å². The van der Waals surface area contributed by atoms with E-state index < -0.39 is 0 Å². The van der Waals surface area contributed by atoms with Gasteiger partial charge in [0.25, 0.3) is 0 Å². The van der Waals surface area contributed by atoms with Crippen LogP contribution < -0.4 is 16.0 Å². The third-order valence-corrected chi connectivity index (χ3v) is 5.36. The number of hydrogen-bond donors (Lipinski definition) is 3. The van der Waals surface area contributed by atoms with Crippen LogP contribution in [0.4, 0.5) is 0 Å². The molecule has 3 nitrogen and oxygen atoms in total. The SMILES string of the molecule is C1CNC[CH2][Sn][CH2]CNCCN1. The Morgan fingerprint density at radius 2 is 1.00 bits per heavy atom. The van der Waals surface area contributed by atoms with Crippen molar-refractivity contribution in [2.45, 2.75) is 8.87 Å². The number of hydrogen-bond acceptors (Lipinski definition) is 3. The predicted octanol–water partition coefficient (Wildman–Crippen LogP) is -0.690. The second kappa shape index (κ2) is 8.28. The molecule has 1 saturated heterocycles. The van der Waals surface area contributed by atoms with E-state index in [1.165, 1.54) is 22.0 Å². The summed E-state index contributed by atoms with van der Waals surface area (Å²) in [5.41, 5.74) is 0. The molecule has 1 fully saturated rings. The molecule has 0 saturated carbocycles. The topological polar surface area (TPSA) is 36.1 Å². The fourth-order valence-electron chi connectivity index (χ4n) is 1.21. The Morgan fingerprint density at radius 1 is 0.583 bits per heavy atom. The van der Waals surface area contributed by atoms with Crippen LogP contribution >= 0.6 is 0 Å². The van der Waals surface area contributed by atoms with Gasteiger partial charge >= 0.3 is 85.2 Å². The summed E-state index contributed by atoms with van der Waals surface area (Å²) in [6, 6.07) is 0. The van der Waals surface area contributed by atoms with Crippen LogP contribution in [0.3, 0.4) is 0 Å². The van der Waals surface area contributed by atoms with E-state index in [-0.39, 0.29) is 21.1 Å². The van der Waals surface area contributed by atoms with E-state index in [1.54, 1.807) is 0 Å². The van der Waals surface area contributed by atoms with E-state index in [4.69, 9.17) is 0 Å². The van der Waals surface area contributed by atoms with Crippen LogP contribution in [-0.2, 0) is 0 Å². The Bertz CT molecular complexity index is 57.3. The molecule has 1 heterocycles. The van der Waals surface area contributed by atoms with Crippen LogP contribution in [0.1, 0.15) is 0 Å². The fourth-order valence-corrected chi connectivity index (χ4v) is 3.94. The van der Waals surface area contributed by atoms with Gasteiger partial charge in [0.2, 0.25) is 0 Å². The van der Waals surface area contributed by atoms with Crippen molar-refractivity contribution in [3.8, 4) is 0 Å². The molecule has 12 heavy (non-hydrogen) atoms. The van der Waals surface area contributed by atoms with Crippen molar-refractivity contribution in [2.75, 3.05) is 39.3 Å². The Hall–Kier alpha value is 0.679. The molecule has 0 aromatic carbocycles. The molecule has 0 atom stereocenters. The second-order valence-corrected chi connectivity index (χ2v) is 7.28. The van der Waals surface area contributed by atoms with Crippen molar-refractivity contribution >= 4 is 21.1 Å². The summed E-state index contributed by atoms with van der Waals surface area (Å²) in [7, 11) is 0. The number of nitrogens with one attached hydrogen (secondary N) is 3. The zero-order chi connectivity index (χ0) is 8.49. The Kier molecular flexibility index (Phi) is 7.43. The molecule has 1 rings (SSSR count). The third kappa shape index (κ3) is 6.22. The molecule has 0 unspecified atom stereocenters. The quantitative estimate of drug-likeness (QED) is 0.513. The first-order valence-corrected chi connectivity index (χ1v) is 8.86. The average molecular weight is 276 g/mol. The molecule has 0 amide bonds. The Morgan fingerprint density at radius 3 is 1.50 bits per heavy atom. The van der Waals surface area contributed by atoms with Gasteiger partial charge in [0.15, 0.2) is 0 Å². The van der Waals surface area contributed by atoms with Gasteiger partial charge in [-0.25, -0.2) is 0 Å². The van der Waals surface area contributed by atoms with Gasteiger partial charge in [-0.05, 0) is 0 Å². The first kappa shape index (κ1) is 10.8. The van der Waals surface area contributed by atoms with Crippen LogP contribution in [0.2, 0.25) is 8.87 Å². The molecular formula is C8H19N3Sn. The predicted molar refractivity (Wildman–Crippen MR) is 54.0 cm³/mol. The van der Waals surface area contributed by atoms with Crippen molar-refractivity contribution in [2.24, 2.45) is 0 Å². The molecule has 0 aromatic rings. The van der Waals surface area contributed by atoms with Crippen molar-refractivity contribution in [1.29, 1.82) is 0 Å². The first-order chi connectivity index (χ1) is 6.00. The molecule has 0 spiro atoms. The van der Waals surface area contributed by atoms with Crippen molar-refractivity contribution in [3.05, 3.63) is 0 Å². The van der Waals surface area contributed by atoms with E-state index in [1.807, 2.05) is 0 Å². The average Bonchev–Trinajstić information content (AvgIpc) is 2.05. The Labute approximate surface area is 85.3 Å². The number of rotatable bonds is 0. The first-order valence-electron chi connectivity index (χ1n) is 4.83. The normalized spacial score (nSPS) is 24.0.